The van der Waals surface area contributed by atoms with Gasteiger partial charge in [-0.1, -0.05) is 13.8 Å². The maximum atomic E-state index is 11.9. The number of rotatable bonds is 2. The van der Waals surface area contributed by atoms with Gasteiger partial charge in [0.1, 0.15) is 0 Å². The van der Waals surface area contributed by atoms with E-state index in [0.717, 1.165) is 19.3 Å². The Kier molecular flexibility index (Phi) is 3.23. The van der Waals surface area contributed by atoms with Gasteiger partial charge in [-0.15, -0.1) is 0 Å². The summed E-state index contributed by atoms with van der Waals surface area (Å²) in [6.45, 7) is 9.58. The molecule has 1 aliphatic rings. The van der Waals surface area contributed by atoms with Crippen molar-refractivity contribution >= 4 is 10.0 Å². The Balaban J connectivity index is 2.66. The first-order chi connectivity index (χ1) is 6.54. The van der Waals surface area contributed by atoms with Crippen LogP contribution in [0.4, 0.5) is 0 Å². The van der Waals surface area contributed by atoms with E-state index in [2.05, 4.69) is 18.6 Å². The second-order valence-electron chi connectivity index (χ2n) is 6.34. The molecular weight excluding hydrogens is 210 g/mol. The quantitative estimate of drug-likeness (QED) is 0.795. The minimum atomic E-state index is -3.18. The molecule has 0 radical (unpaired) electrons. The predicted octanol–water partition coefficient (Wildman–Crippen LogP) is 2.28. The summed E-state index contributed by atoms with van der Waals surface area (Å²) in [5.74, 6) is 0. The third-order valence-corrected chi connectivity index (χ3v) is 5.35. The van der Waals surface area contributed by atoms with Crippen LogP contribution in [0.5, 0.6) is 0 Å². The lowest BCUT2D eigenvalue weighted by atomic mass is 9.92. The first-order valence-corrected chi connectivity index (χ1v) is 7.04. The van der Waals surface area contributed by atoms with E-state index in [9.17, 15) is 8.42 Å². The predicted molar refractivity (Wildman–Crippen MR) is 63.2 cm³/mol. The third-order valence-electron chi connectivity index (χ3n) is 3.10. The fraction of sp³-hybridized carbons (Fsp3) is 1.00. The van der Waals surface area contributed by atoms with E-state index < -0.39 is 14.8 Å². The van der Waals surface area contributed by atoms with Crippen LogP contribution in [0.15, 0.2) is 0 Å². The Hall–Kier alpha value is -0.0900. The molecule has 1 atom stereocenters. The van der Waals surface area contributed by atoms with Gasteiger partial charge >= 0.3 is 0 Å². The molecule has 1 saturated carbocycles. The molecule has 0 aromatic carbocycles. The van der Waals surface area contributed by atoms with Gasteiger partial charge in [-0.25, -0.2) is 13.1 Å². The number of hydrogen-bond acceptors (Lipinski definition) is 2. The van der Waals surface area contributed by atoms with Gasteiger partial charge in [-0.2, -0.15) is 0 Å². The minimum absolute atomic E-state index is 0.129. The molecule has 0 bridgehead atoms. The highest BCUT2D eigenvalue weighted by Crippen LogP contribution is 2.37. The molecule has 0 saturated heterocycles. The fourth-order valence-electron chi connectivity index (χ4n) is 1.93. The zero-order valence-corrected chi connectivity index (χ0v) is 11.2. The summed E-state index contributed by atoms with van der Waals surface area (Å²) < 4.78 is 25.9. The minimum Gasteiger partial charge on any atom is -0.212 e. The van der Waals surface area contributed by atoms with Crippen LogP contribution in [-0.4, -0.2) is 19.2 Å². The largest absolute Gasteiger partial charge is 0.216 e. The number of hydrogen-bond donors (Lipinski definition) is 1. The monoisotopic (exact) mass is 233 g/mol. The van der Waals surface area contributed by atoms with Gasteiger partial charge in [0.05, 0.1) is 4.75 Å². The Morgan fingerprint density at radius 1 is 1.27 bits per heavy atom. The Labute approximate surface area is 93.7 Å². The fourth-order valence-corrected chi connectivity index (χ4v) is 2.93. The summed E-state index contributed by atoms with van der Waals surface area (Å²) in [4.78, 5) is 0. The molecule has 1 fully saturated rings. The molecule has 1 unspecified atom stereocenters. The Morgan fingerprint density at radius 3 is 2.13 bits per heavy atom. The van der Waals surface area contributed by atoms with E-state index in [1.807, 2.05) is 0 Å². The molecule has 1 N–H and O–H groups in total. The maximum Gasteiger partial charge on any atom is 0.216 e. The molecule has 0 aromatic rings. The van der Waals surface area contributed by atoms with Crippen LogP contribution in [0.3, 0.4) is 0 Å². The summed E-state index contributed by atoms with van der Waals surface area (Å²) in [6, 6.07) is 0.129. The van der Waals surface area contributed by atoms with Gasteiger partial charge < -0.3 is 0 Å². The average Bonchev–Trinajstić information content (AvgIpc) is 2.26. The van der Waals surface area contributed by atoms with E-state index in [1.54, 1.807) is 20.8 Å². The maximum absolute atomic E-state index is 11.9. The SMILES string of the molecule is CC1(C)CCC(NS(=O)(=O)C(C)(C)C)C1. The Morgan fingerprint density at radius 2 is 1.80 bits per heavy atom. The van der Waals surface area contributed by atoms with Crippen LogP contribution in [-0.2, 0) is 10.0 Å². The van der Waals surface area contributed by atoms with Crippen molar-refractivity contribution in [1.82, 2.24) is 4.72 Å². The molecule has 0 heterocycles. The molecule has 1 rings (SSSR count). The van der Waals surface area contributed by atoms with Crippen molar-refractivity contribution in [2.45, 2.75) is 64.7 Å². The normalized spacial score (nSPS) is 26.9. The first kappa shape index (κ1) is 13.0. The lowest BCUT2D eigenvalue weighted by molar-refractivity contribution is 0.372. The zero-order chi connectivity index (χ0) is 11.9. The second kappa shape index (κ2) is 3.74. The molecule has 3 nitrogen and oxygen atoms in total. The van der Waals surface area contributed by atoms with Crippen molar-refractivity contribution in [1.29, 1.82) is 0 Å². The summed E-state index contributed by atoms with van der Waals surface area (Å²) in [6.07, 6.45) is 3.01. The van der Waals surface area contributed by atoms with Gasteiger partial charge in [-0.3, -0.25) is 0 Å². The molecule has 0 amide bonds. The summed E-state index contributed by atoms with van der Waals surface area (Å²) >= 11 is 0. The molecular formula is C11H23NO2S. The topological polar surface area (TPSA) is 46.2 Å². The Bertz CT molecular complexity index is 325. The molecule has 4 heteroatoms. The summed E-state index contributed by atoms with van der Waals surface area (Å²) in [7, 11) is -3.18. The molecule has 15 heavy (non-hydrogen) atoms. The molecule has 0 spiro atoms. The lowest BCUT2D eigenvalue weighted by Crippen LogP contribution is -2.44. The van der Waals surface area contributed by atoms with Crippen LogP contribution in [0.1, 0.15) is 53.9 Å². The van der Waals surface area contributed by atoms with Gasteiger partial charge in [0.2, 0.25) is 10.0 Å². The van der Waals surface area contributed by atoms with Crippen molar-refractivity contribution in [3.8, 4) is 0 Å². The number of sulfonamides is 1. The smallest absolute Gasteiger partial charge is 0.212 e. The molecule has 0 aliphatic heterocycles. The summed E-state index contributed by atoms with van der Waals surface area (Å²) in [5.41, 5.74) is 0.283. The van der Waals surface area contributed by atoms with E-state index >= 15 is 0 Å². The van der Waals surface area contributed by atoms with E-state index in [0.29, 0.717) is 0 Å². The summed E-state index contributed by atoms with van der Waals surface area (Å²) in [5, 5.41) is 0. The third kappa shape index (κ3) is 3.18. The van der Waals surface area contributed by atoms with E-state index in [-0.39, 0.29) is 11.5 Å². The lowest BCUT2D eigenvalue weighted by Gasteiger charge is -2.24. The van der Waals surface area contributed by atoms with Crippen molar-refractivity contribution in [3.05, 3.63) is 0 Å². The second-order valence-corrected chi connectivity index (χ2v) is 8.80. The highest BCUT2D eigenvalue weighted by Gasteiger charge is 2.36. The highest BCUT2D eigenvalue weighted by atomic mass is 32.2. The van der Waals surface area contributed by atoms with Crippen LogP contribution in [0.2, 0.25) is 0 Å². The van der Waals surface area contributed by atoms with Crippen molar-refractivity contribution in [2.75, 3.05) is 0 Å². The van der Waals surface area contributed by atoms with Gasteiger partial charge in [-0.05, 0) is 45.4 Å². The van der Waals surface area contributed by atoms with Gasteiger partial charge in [0.15, 0.2) is 0 Å². The first-order valence-electron chi connectivity index (χ1n) is 5.55. The number of nitrogens with one attached hydrogen (secondary N) is 1. The van der Waals surface area contributed by atoms with Crippen molar-refractivity contribution in [2.24, 2.45) is 5.41 Å². The van der Waals surface area contributed by atoms with Crippen molar-refractivity contribution < 1.29 is 8.42 Å². The van der Waals surface area contributed by atoms with Gasteiger partial charge in [0, 0.05) is 6.04 Å². The van der Waals surface area contributed by atoms with Crippen LogP contribution in [0, 0.1) is 5.41 Å². The van der Waals surface area contributed by atoms with E-state index in [1.165, 1.54) is 0 Å². The van der Waals surface area contributed by atoms with Crippen LogP contribution >= 0.6 is 0 Å². The molecule has 1 aliphatic carbocycles. The van der Waals surface area contributed by atoms with Crippen LogP contribution in [0.25, 0.3) is 0 Å². The van der Waals surface area contributed by atoms with Gasteiger partial charge in [0.25, 0.3) is 0 Å². The highest BCUT2D eigenvalue weighted by molar-refractivity contribution is 7.90. The van der Waals surface area contributed by atoms with E-state index in [4.69, 9.17) is 0 Å². The van der Waals surface area contributed by atoms with Crippen molar-refractivity contribution in [3.63, 3.8) is 0 Å². The average molecular weight is 233 g/mol. The zero-order valence-electron chi connectivity index (χ0n) is 10.4. The molecule has 0 aromatic heterocycles. The standard InChI is InChI=1S/C11H23NO2S/c1-10(2,3)15(13,14)12-9-6-7-11(4,5)8-9/h9,12H,6-8H2,1-5H3. The molecule has 90 valence electrons. The van der Waals surface area contributed by atoms with Crippen LogP contribution < -0.4 is 4.72 Å².